The van der Waals surface area contributed by atoms with Gasteiger partial charge >= 0.3 is 0 Å². The highest BCUT2D eigenvalue weighted by molar-refractivity contribution is 9.10. The van der Waals surface area contributed by atoms with Crippen LogP contribution in [0.2, 0.25) is 0 Å². The third kappa shape index (κ3) is 3.85. The molecule has 1 heterocycles. The number of amides is 1. The molecule has 2 aromatic carbocycles. The van der Waals surface area contributed by atoms with Crippen LogP contribution in [-0.2, 0) is 11.2 Å². The van der Waals surface area contributed by atoms with Crippen molar-refractivity contribution in [2.75, 3.05) is 13.2 Å². The van der Waals surface area contributed by atoms with E-state index < -0.39 is 0 Å². The number of nitrogens with one attached hydrogen (secondary N) is 1. The molecule has 0 saturated heterocycles. The van der Waals surface area contributed by atoms with Crippen LogP contribution in [0.5, 0.6) is 11.5 Å². The molecule has 1 aliphatic heterocycles. The summed E-state index contributed by atoms with van der Waals surface area (Å²) in [6.45, 7) is 3.06. The van der Waals surface area contributed by atoms with Crippen molar-refractivity contribution < 1.29 is 14.3 Å². The summed E-state index contributed by atoms with van der Waals surface area (Å²) in [4.78, 5) is 12.2. The van der Waals surface area contributed by atoms with Crippen molar-refractivity contribution in [2.45, 2.75) is 19.4 Å². The smallest absolute Gasteiger partial charge is 0.224 e. The molecule has 0 aliphatic carbocycles. The predicted octanol–water partition coefficient (Wildman–Crippen LogP) is 3.64. The van der Waals surface area contributed by atoms with Gasteiger partial charge in [-0.1, -0.05) is 46.3 Å². The van der Waals surface area contributed by atoms with E-state index in [9.17, 15) is 4.79 Å². The summed E-state index contributed by atoms with van der Waals surface area (Å²) in [5.41, 5.74) is 1.97. The standard InChI is InChI=1S/C18H18BrNO3/c1-12(20-18(21)9-13-5-3-2-4-6-13)14-10-16-17(11-15(14)19)23-8-7-22-16/h2-6,10-12H,7-9H2,1H3,(H,20,21)/t12-/m1/s1. The Morgan fingerprint density at radius 1 is 1.17 bits per heavy atom. The number of hydrogen-bond donors (Lipinski definition) is 1. The number of ether oxygens (including phenoxy) is 2. The normalized spacial score (nSPS) is 14.2. The van der Waals surface area contributed by atoms with E-state index >= 15 is 0 Å². The van der Waals surface area contributed by atoms with E-state index in [0.29, 0.717) is 19.6 Å². The summed E-state index contributed by atoms with van der Waals surface area (Å²) in [6.07, 6.45) is 0.368. The van der Waals surface area contributed by atoms with E-state index in [1.54, 1.807) is 0 Å². The minimum atomic E-state index is -0.128. The highest BCUT2D eigenvalue weighted by Gasteiger charge is 2.19. The van der Waals surface area contributed by atoms with Crippen LogP contribution in [0.4, 0.5) is 0 Å². The van der Waals surface area contributed by atoms with E-state index in [4.69, 9.17) is 9.47 Å². The first-order valence-corrected chi connectivity index (χ1v) is 8.35. The van der Waals surface area contributed by atoms with Crippen LogP contribution in [-0.4, -0.2) is 19.1 Å². The molecule has 1 amide bonds. The number of halogens is 1. The Morgan fingerprint density at radius 2 is 1.83 bits per heavy atom. The van der Waals surface area contributed by atoms with Crippen molar-refractivity contribution in [3.05, 3.63) is 58.1 Å². The minimum absolute atomic E-state index is 0.00881. The number of hydrogen-bond acceptors (Lipinski definition) is 3. The first-order chi connectivity index (χ1) is 11.1. The lowest BCUT2D eigenvalue weighted by Crippen LogP contribution is -2.28. The fraction of sp³-hybridized carbons (Fsp3) is 0.278. The van der Waals surface area contributed by atoms with Gasteiger partial charge in [-0.05, 0) is 30.2 Å². The Bertz CT molecular complexity index is 703. The van der Waals surface area contributed by atoms with E-state index in [1.165, 1.54) is 0 Å². The topological polar surface area (TPSA) is 47.6 Å². The van der Waals surface area contributed by atoms with Gasteiger partial charge in [0.15, 0.2) is 11.5 Å². The molecular formula is C18H18BrNO3. The molecule has 0 saturated carbocycles. The molecule has 0 unspecified atom stereocenters. The third-order valence-corrected chi connectivity index (χ3v) is 4.40. The largest absolute Gasteiger partial charge is 0.486 e. The Hall–Kier alpha value is -2.01. The quantitative estimate of drug-likeness (QED) is 0.887. The number of carbonyl (C=O) groups excluding carboxylic acids is 1. The lowest BCUT2D eigenvalue weighted by atomic mass is 10.1. The van der Waals surface area contributed by atoms with Gasteiger partial charge in [0, 0.05) is 4.47 Å². The van der Waals surface area contributed by atoms with Crippen molar-refractivity contribution in [3.63, 3.8) is 0 Å². The van der Waals surface area contributed by atoms with Crippen LogP contribution >= 0.6 is 15.9 Å². The van der Waals surface area contributed by atoms with Gasteiger partial charge in [-0.3, -0.25) is 4.79 Å². The van der Waals surface area contributed by atoms with Gasteiger partial charge in [-0.25, -0.2) is 0 Å². The van der Waals surface area contributed by atoms with E-state index in [-0.39, 0.29) is 11.9 Å². The zero-order valence-electron chi connectivity index (χ0n) is 12.8. The lowest BCUT2D eigenvalue weighted by molar-refractivity contribution is -0.121. The first-order valence-electron chi connectivity index (χ1n) is 7.56. The second kappa shape index (κ2) is 7.04. The molecule has 5 heteroatoms. The number of carbonyl (C=O) groups is 1. The SMILES string of the molecule is C[C@@H](NC(=O)Cc1ccccc1)c1cc2c(cc1Br)OCCO2. The highest BCUT2D eigenvalue weighted by Crippen LogP contribution is 2.37. The Morgan fingerprint density at radius 3 is 2.52 bits per heavy atom. The molecule has 23 heavy (non-hydrogen) atoms. The molecule has 1 atom stereocenters. The van der Waals surface area contributed by atoms with E-state index in [0.717, 1.165) is 27.1 Å². The highest BCUT2D eigenvalue weighted by atomic mass is 79.9. The molecule has 1 aliphatic rings. The van der Waals surface area contributed by atoms with Gasteiger partial charge in [0.05, 0.1) is 12.5 Å². The van der Waals surface area contributed by atoms with E-state index in [2.05, 4.69) is 21.2 Å². The fourth-order valence-corrected chi connectivity index (χ4v) is 3.23. The van der Waals surface area contributed by atoms with Crippen LogP contribution < -0.4 is 14.8 Å². The lowest BCUT2D eigenvalue weighted by Gasteiger charge is -2.22. The summed E-state index contributed by atoms with van der Waals surface area (Å²) in [5.74, 6) is 1.44. The summed E-state index contributed by atoms with van der Waals surface area (Å²) < 4.78 is 12.1. The van der Waals surface area contributed by atoms with E-state index in [1.807, 2.05) is 49.4 Å². The van der Waals surface area contributed by atoms with Gasteiger partial charge in [-0.15, -0.1) is 0 Å². The second-order valence-electron chi connectivity index (χ2n) is 5.47. The predicted molar refractivity (Wildman–Crippen MR) is 91.8 cm³/mol. The van der Waals surface area contributed by atoms with Crippen molar-refractivity contribution >= 4 is 21.8 Å². The van der Waals surface area contributed by atoms with Gasteiger partial charge in [-0.2, -0.15) is 0 Å². The number of benzene rings is 2. The average molecular weight is 376 g/mol. The van der Waals surface area contributed by atoms with Crippen LogP contribution in [0.15, 0.2) is 46.9 Å². The molecule has 2 aromatic rings. The van der Waals surface area contributed by atoms with Crippen molar-refractivity contribution in [1.82, 2.24) is 5.32 Å². The monoisotopic (exact) mass is 375 g/mol. The summed E-state index contributed by atoms with van der Waals surface area (Å²) in [5, 5.41) is 3.03. The summed E-state index contributed by atoms with van der Waals surface area (Å²) in [7, 11) is 0. The first kappa shape index (κ1) is 15.9. The Kier molecular flexibility index (Phi) is 4.86. The molecule has 0 aromatic heterocycles. The Balaban J connectivity index is 1.70. The molecule has 120 valence electrons. The van der Waals surface area contributed by atoms with Gasteiger partial charge in [0.25, 0.3) is 0 Å². The van der Waals surface area contributed by atoms with Crippen LogP contribution in [0.25, 0.3) is 0 Å². The van der Waals surface area contributed by atoms with Crippen molar-refractivity contribution in [2.24, 2.45) is 0 Å². The van der Waals surface area contributed by atoms with Crippen LogP contribution in [0, 0.1) is 0 Å². The molecule has 0 fully saturated rings. The number of fused-ring (bicyclic) bond motifs is 1. The molecule has 4 nitrogen and oxygen atoms in total. The van der Waals surface area contributed by atoms with Crippen LogP contribution in [0.3, 0.4) is 0 Å². The second-order valence-corrected chi connectivity index (χ2v) is 6.32. The molecular weight excluding hydrogens is 358 g/mol. The Labute approximate surface area is 143 Å². The average Bonchev–Trinajstić information content (AvgIpc) is 2.55. The zero-order valence-corrected chi connectivity index (χ0v) is 14.4. The maximum atomic E-state index is 12.2. The minimum Gasteiger partial charge on any atom is -0.486 e. The van der Waals surface area contributed by atoms with Crippen molar-refractivity contribution in [3.8, 4) is 11.5 Å². The molecule has 1 N–H and O–H groups in total. The number of rotatable bonds is 4. The summed E-state index contributed by atoms with van der Waals surface area (Å²) >= 11 is 3.55. The van der Waals surface area contributed by atoms with Crippen molar-refractivity contribution in [1.29, 1.82) is 0 Å². The molecule has 3 rings (SSSR count). The summed E-state index contributed by atoms with van der Waals surface area (Å²) in [6, 6.07) is 13.4. The van der Waals surface area contributed by atoms with Crippen LogP contribution in [0.1, 0.15) is 24.1 Å². The van der Waals surface area contributed by atoms with Gasteiger partial charge in [0.1, 0.15) is 13.2 Å². The molecule has 0 bridgehead atoms. The maximum absolute atomic E-state index is 12.2. The maximum Gasteiger partial charge on any atom is 0.224 e. The third-order valence-electron chi connectivity index (χ3n) is 3.71. The molecule has 0 spiro atoms. The van der Waals surface area contributed by atoms with Gasteiger partial charge < -0.3 is 14.8 Å². The molecule has 0 radical (unpaired) electrons. The fourth-order valence-electron chi connectivity index (χ4n) is 2.56. The zero-order chi connectivity index (χ0) is 16.2. The van der Waals surface area contributed by atoms with Gasteiger partial charge in [0.2, 0.25) is 5.91 Å².